The van der Waals surface area contributed by atoms with Gasteiger partial charge in [-0.2, -0.15) is 0 Å². The van der Waals surface area contributed by atoms with E-state index < -0.39 is 36.0 Å². The number of hydrogen-bond acceptors (Lipinski definition) is 6. The molecule has 4 heterocycles. The fourth-order valence-electron chi connectivity index (χ4n) is 8.62. The summed E-state index contributed by atoms with van der Waals surface area (Å²) in [5.41, 5.74) is 1.67. The van der Waals surface area contributed by atoms with E-state index in [9.17, 15) is 14.2 Å². The van der Waals surface area contributed by atoms with Crippen LogP contribution in [0.5, 0.6) is 0 Å². The third kappa shape index (κ3) is 7.63. The number of nitrogens with zero attached hydrogens (tertiary/aromatic N) is 4. The first-order valence-corrected chi connectivity index (χ1v) is 20.5. The lowest BCUT2D eigenvalue weighted by atomic mass is 9.75. The number of halogens is 2. The minimum atomic E-state index is -3.68. The Labute approximate surface area is 316 Å². The van der Waals surface area contributed by atoms with Gasteiger partial charge in [0.15, 0.2) is 6.23 Å². The Morgan fingerprint density at radius 3 is 1.92 bits per heavy atom. The number of nitrogens with one attached hydrogen (secondary N) is 1. The van der Waals surface area contributed by atoms with Crippen LogP contribution >= 0.6 is 18.1 Å². The minimum absolute atomic E-state index is 0. The summed E-state index contributed by atoms with van der Waals surface area (Å²) < 4.78 is 31.2. The van der Waals surface area contributed by atoms with Gasteiger partial charge >= 0.3 is 12.6 Å². The highest BCUT2D eigenvalue weighted by molar-refractivity contribution is 7.83. The number of benzene rings is 3. The predicted octanol–water partition coefficient (Wildman–Crippen LogP) is 3.11. The van der Waals surface area contributed by atoms with Crippen molar-refractivity contribution in [3.63, 3.8) is 0 Å². The Bertz CT molecular complexity index is 1850. The molecule has 3 atom stereocenters. The molecule has 10 nitrogen and oxygen atoms in total. The van der Waals surface area contributed by atoms with Gasteiger partial charge < -0.3 is 26.2 Å². The van der Waals surface area contributed by atoms with Crippen LogP contribution in [-0.4, -0.2) is 88.7 Å². The van der Waals surface area contributed by atoms with Gasteiger partial charge in [0.1, 0.15) is 0 Å². The monoisotopic (exact) mass is 767 g/mol. The Morgan fingerprint density at radius 2 is 1.40 bits per heavy atom. The normalized spacial score (nSPS) is 22.8. The van der Waals surface area contributed by atoms with Crippen molar-refractivity contribution in [2.75, 3.05) is 52.9 Å². The van der Waals surface area contributed by atoms with Gasteiger partial charge in [0.25, 0.3) is 5.56 Å². The molecule has 3 aromatic carbocycles. The Morgan fingerprint density at radius 1 is 0.885 bits per heavy atom. The molecule has 3 saturated heterocycles. The first-order valence-electron chi connectivity index (χ1n) is 18.0. The maximum absolute atomic E-state index is 14.0. The van der Waals surface area contributed by atoms with Crippen molar-refractivity contribution in [3.05, 3.63) is 140 Å². The molecule has 0 spiro atoms. The number of H-pyrrole nitrogens is 1. The third-order valence-corrected chi connectivity index (χ3v) is 13.8. The average molecular weight is 769 g/mol. The Kier molecular flexibility index (Phi) is 12.0. The number of hydrogen-bond donors (Lipinski definition) is 1. The summed E-state index contributed by atoms with van der Waals surface area (Å²) in [6.45, 7) is 2.24. The van der Waals surface area contributed by atoms with E-state index in [4.69, 9.17) is 20.5 Å². The number of quaternary nitrogens is 1. The molecule has 278 valence electrons. The molecule has 2 unspecified atom stereocenters. The SMILES string of the molecule is Cc1cn([C@H]2CN(C(c3ccccc3)(c3ccccc3)c3ccccc3)CC(COP(=O)(Cl)N3CCC([N+]4(C)CCCC4)CC3)O2)c(=O)[nH]c1=O.[Cl-]. The number of ether oxygens (including phenoxy) is 1. The standard InChI is InChI=1S/C39H47ClN5O5P.ClH/c1-30-26-44(38(47)41-37(30)46)36-28-42(39(31-14-6-3-7-15-31,32-16-8-4-9-17-32)33-18-10-5-11-19-33)27-35(50-36)29-49-51(40,48)43-22-20-34(21-23-43)45(2)24-12-13-25-45;/h3-11,14-19,26,34-36H,12-13,20-25,27-29H2,1-2H3;1H/t35?,36-,51?;/m1./s1. The summed E-state index contributed by atoms with van der Waals surface area (Å²) >= 11 is 6.80. The fraction of sp³-hybridized carbons (Fsp3) is 0.436. The van der Waals surface area contributed by atoms with E-state index in [1.165, 1.54) is 30.5 Å². The molecule has 3 fully saturated rings. The molecule has 0 bridgehead atoms. The van der Waals surface area contributed by atoms with Crippen molar-refractivity contribution in [2.45, 2.75) is 56.5 Å². The molecule has 1 N–H and O–H groups in total. The second-order valence-corrected chi connectivity index (χ2v) is 17.5. The van der Waals surface area contributed by atoms with Gasteiger partial charge in [-0.1, -0.05) is 91.0 Å². The molecular formula is C39H48Cl2N5O5P. The van der Waals surface area contributed by atoms with Crippen LogP contribution in [0.4, 0.5) is 0 Å². The van der Waals surface area contributed by atoms with E-state index in [2.05, 4.69) is 53.3 Å². The molecule has 3 aliphatic rings. The van der Waals surface area contributed by atoms with E-state index in [0.717, 1.165) is 34.0 Å². The highest BCUT2D eigenvalue weighted by Gasteiger charge is 2.47. The lowest BCUT2D eigenvalue weighted by Crippen LogP contribution is -3.00. The number of rotatable bonds is 10. The number of morpholine rings is 1. The van der Waals surface area contributed by atoms with Crippen molar-refractivity contribution in [1.29, 1.82) is 0 Å². The molecule has 0 radical (unpaired) electrons. The van der Waals surface area contributed by atoms with Gasteiger partial charge in [-0.15, -0.1) is 0 Å². The number of aromatic amines is 1. The van der Waals surface area contributed by atoms with Gasteiger partial charge in [-0.05, 0) is 34.9 Å². The molecule has 52 heavy (non-hydrogen) atoms. The van der Waals surface area contributed by atoms with Gasteiger partial charge in [-0.3, -0.25) is 23.8 Å². The molecule has 4 aromatic rings. The van der Waals surface area contributed by atoms with Crippen molar-refractivity contribution in [3.8, 4) is 0 Å². The Balaban J connectivity index is 0.00000464. The summed E-state index contributed by atoms with van der Waals surface area (Å²) in [6, 6.07) is 31.4. The van der Waals surface area contributed by atoms with E-state index >= 15 is 0 Å². The van der Waals surface area contributed by atoms with Crippen LogP contribution in [0.15, 0.2) is 107 Å². The summed E-state index contributed by atoms with van der Waals surface area (Å²) in [6.07, 6.45) is 4.49. The summed E-state index contributed by atoms with van der Waals surface area (Å²) in [7, 11) is 2.35. The van der Waals surface area contributed by atoms with E-state index in [-0.39, 0.29) is 19.0 Å². The lowest BCUT2D eigenvalue weighted by Gasteiger charge is -2.50. The Hall–Kier alpha value is -3.05. The first-order chi connectivity index (χ1) is 24.6. The highest BCUT2D eigenvalue weighted by atomic mass is 35.7. The van der Waals surface area contributed by atoms with Crippen LogP contribution in [0.25, 0.3) is 0 Å². The highest BCUT2D eigenvalue weighted by Crippen LogP contribution is 2.57. The second kappa shape index (κ2) is 16.1. The zero-order valence-electron chi connectivity index (χ0n) is 29.8. The van der Waals surface area contributed by atoms with Gasteiger partial charge in [0.2, 0.25) is 0 Å². The van der Waals surface area contributed by atoms with Crippen molar-refractivity contribution < 1.29 is 30.7 Å². The summed E-state index contributed by atoms with van der Waals surface area (Å²) in [5.74, 6) is 0. The van der Waals surface area contributed by atoms with Crippen LogP contribution in [0, 0.1) is 6.92 Å². The number of aryl methyl sites for hydroxylation is 1. The summed E-state index contributed by atoms with van der Waals surface area (Å²) in [4.78, 5) is 30.5. The maximum atomic E-state index is 14.0. The third-order valence-electron chi connectivity index (χ3n) is 11.3. The van der Waals surface area contributed by atoms with Crippen molar-refractivity contribution in [1.82, 2.24) is 19.1 Å². The topological polar surface area (TPSA) is 96.9 Å². The van der Waals surface area contributed by atoms with Crippen molar-refractivity contribution >= 4 is 18.1 Å². The van der Waals surface area contributed by atoms with Gasteiger partial charge in [0, 0.05) is 63.6 Å². The number of piperidine rings is 1. The molecule has 13 heteroatoms. The quantitative estimate of drug-likeness (QED) is 0.151. The maximum Gasteiger partial charge on any atom is 0.363 e. The van der Waals surface area contributed by atoms with Crippen molar-refractivity contribution in [2.24, 2.45) is 0 Å². The molecule has 7 rings (SSSR count). The van der Waals surface area contributed by atoms with Crippen LogP contribution in [0.3, 0.4) is 0 Å². The van der Waals surface area contributed by atoms with Gasteiger partial charge in [-0.25, -0.2) is 9.46 Å². The smallest absolute Gasteiger partial charge is 0.363 e. The zero-order valence-corrected chi connectivity index (χ0v) is 32.2. The van der Waals surface area contributed by atoms with Crippen LogP contribution < -0.4 is 23.7 Å². The first kappa shape index (κ1) is 38.7. The van der Waals surface area contributed by atoms with E-state index in [1.807, 2.05) is 59.3 Å². The largest absolute Gasteiger partial charge is 1.00 e. The molecule has 0 aliphatic carbocycles. The number of aromatic nitrogens is 2. The fourth-order valence-corrected chi connectivity index (χ4v) is 10.5. The second-order valence-electron chi connectivity index (χ2n) is 14.5. The zero-order chi connectivity index (χ0) is 35.6. The lowest BCUT2D eigenvalue weighted by molar-refractivity contribution is -0.923. The molecule has 3 aliphatic heterocycles. The molecule has 0 amide bonds. The molecule has 1 aromatic heterocycles. The number of likely N-dealkylation sites (tertiary alicyclic amines) is 1. The predicted molar refractivity (Wildman–Crippen MR) is 200 cm³/mol. The van der Waals surface area contributed by atoms with Crippen LogP contribution in [0.1, 0.15) is 54.2 Å². The molecule has 0 saturated carbocycles. The average Bonchev–Trinajstić information content (AvgIpc) is 3.61. The van der Waals surface area contributed by atoms with Crippen LogP contribution in [-0.2, 0) is 19.4 Å². The molecular weight excluding hydrogens is 720 g/mol. The van der Waals surface area contributed by atoms with Crippen LogP contribution in [0.2, 0.25) is 0 Å². The van der Waals surface area contributed by atoms with E-state index in [1.54, 1.807) is 13.1 Å². The summed E-state index contributed by atoms with van der Waals surface area (Å²) in [5, 5.41) is 0. The van der Waals surface area contributed by atoms with Gasteiger partial charge in [0.05, 0.1) is 44.4 Å². The minimum Gasteiger partial charge on any atom is -1.00 e. The van der Waals surface area contributed by atoms with E-state index in [0.29, 0.717) is 37.8 Å².